The Labute approximate surface area is 142 Å². The molecule has 0 spiro atoms. The number of nitrogens with one attached hydrogen (secondary N) is 2. The van der Waals surface area contributed by atoms with Gasteiger partial charge in [-0.1, -0.05) is 18.2 Å². The lowest BCUT2D eigenvalue weighted by Crippen LogP contribution is -2.18. The van der Waals surface area contributed by atoms with Crippen molar-refractivity contribution in [3.63, 3.8) is 0 Å². The summed E-state index contributed by atoms with van der Waals surface area (Å²) in [6.45, 7) is 2.51. The number of hydrogen-bond donors (Lipinski definition) is 3. The number of hydrogen-bond acceptors (Lipinski definition) is 5. The first-order chi connectivity index (χ1) is 11.7. The number of aryl methyl sites for hydroxylation is 1. The second-order valence-corrected chi connectivity index (χ2v) is 5.59. The second kappa shape index (κ2) is 8.88. The van der Waals surface area contributed by atoms with Gasteiger partial charge in [-0.3, -0.25) is 15.2 Å². The van der Waals surface area contributed by atoms with Crippen LogP contribution in [-0.2, 0) is 11.4 Å². The molecule has 1 aliphatic carbocycles. The summed E-state index contributed by atoms with van der Waals surface area (Å²) in [6, 6.07) is 12.4. The number of carbonyl (C=O) groups excluding carboxylic acids is 1. The minimum atomic E-state index is 0.403. The molecule has 2 aromatic rings. The molecule has 0 aliphatic heterocycles. The zero-order valence-corrected chi connectivity index (χ0v) is 14.1. The third kappa shape index (κ3) is 4.96. The fourth-order valence-corrected chi connectivity index (χ4v) is 2.45. The number of aromatic nitrogens is 1. The zero-order valence-electron chi connectivity index (χ0n) is 14.1. The summed E-state index contributed by atoms with van der Waals surface area (Å²) in [5.74, 6) is 6.07. The van der Waals surface area contributed by atoms with Crippen LogP contribution in [0.25, 0.3) is 0 Å². The number of rotatable bonds is 6. The Morgan fingerprint density at radius 2 is 2.00 bits per heavy atom. The molecular weight excluding hydrogens is 304 g/mol. The topological polar surface area (TPSA) is 89.3 Å². The molecule has 1 aliphatic rings. The van der Waals surface area contributed by atoms with Gasteiger partial charge in [0.05, 0.1) is 11.4 Å². The number of carbonyl (C=O) groups is 1. The Morgan fingerprint density at radius 3 is 2.58 bits per heavy atom. The van der Waals surface area contributed by atoms with Crippen LogP contribution >= 0.6 is 0 Å². The highest BCUT2D eigenvalue weighted by Gasteiger charge is 2.27. The monoisotopic (exact) mass is 328 g/mol. The van der Waals surface area contributed by atoms with Gasteiger partial charge in [0.1, 0.15) is 12.4 Å². The van der Waals surface area contributed by atoms with E-state index in [9.17, 15) is 0 Å². The smallest absolute Gasteiger partial charge is 0.221 e. The lowest BCUT2D eigenvalue weighted by molar-refractivity contribution is -0.109. The van der Waals surface area contributed by atoms with E-state index in [-0.39, 0.29) is 0 Å². The summed E-state index contributed by atoms with van der Waals surface area (Å²) in [6.07, 6.45) is 2.94. The number of hydrazine groups is 1. The highest BCUT2D eigenvalue weighted by molar-refractivity contribution is 5.61. The van der Waals surface area contributed by atoms with Crippen LogP contribution in [-0.4, -0.2) is 18.4 Å². The van der Waals surface area contributed by atoms with Crippen LogP contribution in [0.15, 0.2) is 36.4 Å². The summed E-state index contributed by atoms with van der Waals surface area (Å²) in [4.78, 5) is 13.4. The van der Waals surface area contributed by atoms with E-state index in [0.29, 0.717) is 18.9 Å². The number of nitrogens with zero attached hydrogens (tertiary/aromatic N) is 1. The van der Waals surface area contributed by atoms with Gasteiger partial charge in [-0.15, -0.1) is 0 Å². The Hall–Kier alpha value is -2.60. The first-order valence-electron chi connectivity index (χ1n) is 7.95. The molecule has 6 heteroatoms. The van der Waals surface area contributed by atoms with Gasteiger partial charge in [-0.2, -0.15) is 0 Å². The minimum absolute atomic E-state index is 0.403. The van der Waals surface area contributed by atoms with Crippen LogP contribution in [0.3, 0.4) is 0 Å². The average molecular weight is 328 g/mol. The number of amides is 1. The van der Waals surface area contributed by atoms with E-state index in [1.54, 1.807) is 5.43 Å². The Bertz CT molecular complexity index is 672. The summed E-state index contributed by atoms with van der Waals surface area (Å²) in [5.41, 5.74) is 6.12. The van der Waals surface area contributed by atoms with E-state index >= 15 is 0 Å². The Kier molecular flexibility index (Phi) is 6.57. The molecule has 0 atom stereocenters. The molecule has 1 amide bonds. The van der Waals surface area contributed by atoms with Crippen molar-refractivity contribution >= 4 is 12.1 Å². The molecule has 1 aromatic heterocycles. The molecule has 0 saturated heterocycles. The lowest BCUT2D eigenvalue weighted by Gasteiger charge is -2.15. The molecule has 3 rings (SSSR count). The van der Waals surface area contributed by atoms with Crippen molar-refractivity contribution < 1.29 is 9.53 Å². The average Bonchev–Trinajstić information content (AvgIpc) is 3.45. The van der Waals surface area contributed by atoms with Gasteiger partial charge in [-0.25, -0.2) is 5.84 Å². The molecule has 1 saturated carbocycles. The van der Waals surface area contributed by atoms with Crippen LogP contribution in [0.4, 0.5) is 5.69 Å². The predicted molar refractivity (Wildman–Crippen MR) is 94.7 cm³/mol. The van der Waals surface area contributed by atoms with Crippen LogP contribution in [0.5, 0.6) is 5.75 Å². The first-order valence-corrected chi connectivity index (χ1v) is 7.95. The van der Waals surface area contributed by atoms with Crippen molar-refractivity contribution in [2.24, 2.45) is 5.84 Å². The molecule has 0 bridgehead atoms. The van der Waals surface area contributed by atoms with Gasteiger partial charge in [0.15, 0.2) is 0 Å². The molecule has 6 nitrogen and oxygen atoms in total. The maximum absolute atomic E-state index is 8.94. The Balaban J connectivity index is 0.000000471. The fraction of sp³-hybridized carbons (Fsp3) is 0.333. The van der Waals surface area contributed by atoms with E-state index < -0.39 is 0 Å². The van der Waals surface area contributed by atoms with Gasteiger partial charge in [0.2, 0.25) is 6.41 Å². The van der Waals surface area contributed by atoms with Crippen molar-refractivity contribution in [1.82, 2.24) is 10.4 Å². The highest BCUT2D eigenvalue weighted by Crippen LogP contribution is 2.46. The summed E-state index contributed by atoms with van der Waals surface area (Å²) in [7, 11) is 1.93. The maximum atomic E-state index is 8.94. The van der Waals surface area contributed by atoms with Crippen LogP contribution < -0.4 is 21.3 Å². The first kappa shape index (κ1) is 17.7. The number of anilines is 1. The summed E-state index contributed by atoms with van der Waals surface area (Å²) < 4.78 is 6.08. The Morgan fingerprint density at radius 1 is 1.29 bits per heavy atom. The van der Waals surface area contributed by atoms with E-state index in [1.807, 2.05) is 32.2 Å². The van der Waals surface area contributed by atoms with Crippen LogP contribution in [0, 0.1) is 6.92 Å². The van der Waals surface area contributed by atoms with Gasteiger partial charge in [0.25, 0.3) is 0 Å². The van der Waals surface area contributed by atoms with Crippen LogP contribution in [0.1, 0.15) is 35.7 Å². The maximum Gasteiger partial charge on any atom is 0.221 e. The van der Waals surface area contributed by atoms with Crippen molar-refractivity contribution in [2.45, 2.75) is 32.3 Å². The normalized spacial score (nSPS) is 12.6. The summed E-state index contributed by atoms with van der Waals surface area (Å²) in [5, 5.41) is 3.22. The molecule has 128 valence electrons. The van der Waals surface area contributed by atoms with Gasteiger partial charge < -0.3 is 10.1 Å². The van der Waals surface area contributed by atoms with Crippen LogP contribution in [0.2, 0.25) is 0 Å². The highest BCUT2D eigenvalue weighted by atomic mass is 16.5. The molecule has 1 fully saturated rings. The largest absolute Gasteiger partial charge is 0.485 e. The SMILES string of the molecule is CNc1cccc(C2CC2)c1OCc1cccc(C)n1.NNC=O. The standard InChI is InChI=1S/C17H20N2O.CH4N2O/c1-12-5-3-6-14(19-12)11-20-17-15(13-9-10-13)7-4-8-16(17)18-2;2-3-1-4/h3-8,13,18H,9-11H2,1-2H3;1H,2H2,(H,3,4). The molecule has 0 radical (unpaired) electrons. The summed E-state index contributed by atoms with van der Waals surface area (Å²) >= 11 is 0. The quantitative estimate of drug-likeness (QED) is 0.328. The van der Waals surface area contributed by atoms with Gasteiger partial charge >= 0.3 is 0 Å². The number of para-hydroxylation sites is 1. The zero-order chi connectivity index (χ0) is 17.4. The van der Waals surface area contributed by atoms with E-state index in [1.165, 1.54) is 18.4 Å². The van der Waals surface area contributed by atoms with E-state index in [2.05, 4.69) is 34.3 Å². The number of benzene rings is 1. The van der Waals surface area contributed by atoms with E-state index in [0.717, 1.165) is 22.8 Å². The molecular formula is C18H24N4O2. The number of nitrogens with two attached hydrogens (primary N) is 1. The molecule has 0 unspecified atom stereocenters. The van der Waals surface area contributed by atoms with Gasteiger partial charge in [-0.05, 0) is 49.4 Å². The van der Waals surface area contributed by atoms with Crippen molar-refractivity contribution in [1.29, 1.82) is 0 Å². The fourth-order valence-electron chi connectivity index (χ4n) is 2.45. The number of ether oxygens (including phenoxy) is 1. The third-order valence-corrected chi connectivity index (χ3v) is 3.71. The lowest BCUT2D eigenvalue weighted by atomic mass is 10.1. The molecule has 4 N–H and O–H groups in total. The predicted octanol–water partition coefficient (Wildman–Crippen LogP) is 2.49. The van der Waals surface area contributed by atoms with Gasteiger partial charge in [0, 0.05) is 12.7 Å². The van der Waals surface area contributed by atoms with Crippen molar-refractivity contribution in [3.8, 4) is 5.75 Å². The number of pyridine rings is 1. The van der Waals surface area contributed by atoms with E-state index in [4.69, 9.17) is 9.53 Å². The molecule has 24 heavy (non-hydrogen) atoms. The minimum Gasteiger partial charge on any atom is -0.485 e. The van der Waals surface area contributed by atoms with Crippen molar-refractivity contribution in [2.75, 3.05) is 12.4 Å². The second-order valence-electron chi connectivity index (χ2n) is 5.59. The molecule has 1 aromatic carbocycles. The van der Waals surface area contributed by atoms with Crippen molar-refractivity contribution in [3.05, 3.63) is 53.3 Å². The molecule has 1 heterocycles. The third-order valence-electron chi connectivity index (χ3n) is 3.71.